The number of piperidine rings is 1. The van der Waals surface area contributed by atoms with Crippen LogP contribution in [0.2, 0.25) is 0 Å². The zero-order valence-electron chi connectivity index (χ0n) is 22.2. The maximum Gasteiger partial charge on any atom is 0.224 e. The van der Waals surface area contributed by atoms with E-state index in [-0.39, 0.29) is 5.91 Å². The van der Waals surface area contributed by atoms with Gasteiger partial charge >= 0.3 is 0 Å². The molecule has 1 aromatic rings. The number of nitrogens with zero attached hydrogens (tertiary/aromatic N) is 1. The second kappa shape index (κ2) is 10.2. The summed E-state index contributed by atoms with van der Waals surface area (Å²) in [5.74, 6) is 4.00. The highest BCUT2D eigenvalue weighted by atomic mass is 32.1. The smallest absolute Gasteiger partial charge is 0.224 e. The summed E-state index contributed by atoms with van der Waals surface area (Å²) >= 11 is 1.59. The monoisotopic (exact) mass is 498 g/mol. The zero-order chi connectivity index (χ0) is 24.6. The predicted octanol–water partition coefficient (Wildman–Crippen LogP) is 7.51. The molecular formula is C30H46N2O2S. The lowest BCUT2D eigenvalue weighted by Gasteiger charge is -2.62. The predicted molar refractivity (Wildman–Crippen MR) is 144 cm³/mol. The molecule has 3 unspecified atom stereocenters. The van der Waals surface area contributed by atoms with Crippen molar-refractivity contribution < 1.29 is 9.59 Å². The van der Waals surface area contributed by atoms with Crippen LogP contribution in [0.5, 0.6) is 0 Å². The normalized spacial score (nSPS) is 38.5. The third-order valence-corrected chi connectivity index (χ3v) is 12.0. The van der Waals surface area contributed by atoms with Crippen molar-refractivity contribution in [3.63, 3.8) is 0 Å². The maximum atomic E-state index is 12.4. The van der Waals surface area contributed by atoms with Crippen molar-refractivity contribution >= 4 is 28.2 Å². The van der Waals surface area contributed by atoms with Crippen LogP contribution in [0.25, 0.3) is 0 Å². The van der Waals surface area contributed by atoms with Gasteiger partial charge in [-0.15, -0.1) is 11.3 Å². The molecular weight excluding hydrogens is 452 g/mol. The number of unbranched alkanes of at least 4 members (excludes halogenated alkanes) is 3. The lowest BCUT2D eigenvalue weighted by molar-refractivity contribution is -0.158. The number of anilines is 1. The minimum Gasteiger partial charge on any atom is -0.342 e. The van der Waals surface area contributed by atoms with E-state index in [9.17, 15) is 9.59 Å². The van der Waals surface area contributed by atoms with Gasteiger partial charge in [-0.25, -0.2) is 0 Å². The summed E-state index contributed by atoms with van der Waals surface area (Å²) in [5.41, 5.74) is 0.863. The van der Waals surface area contributed by atoms with Crippen molar-refractivity contribution in [2.24, 2.45) is 34.5 Å². The molecule has 2 amide bonds. The summed E-state index contributed by atoms with van der Waals surface area (Å²) < 4.78 is 0. The van der Waals surface area contributed by atoms with Crippen LogP contribution in [-0.4, -0.2) is 29.8 Å². The second-order valence-electron chi connectivity index (χ2n) is 12.8. The minimum absolute atomic E-state index is 0.160. The summed E-state index contributed by atoms with van der Waals surface area (Å²) in [4.78, 5) is 26.6. The van der Waals surface area contributed by atoms with Crippen molar-refractivity contribution in [1.29, 1.82) is 0 Å². The highest BCUT2D eigenvalue weighted by Gasteiger charge is 2.60. The highest BCUT2D eigenvalue weighted by Crippen LogP contribution is 2.66. The van der Waals surface area contributed by atoms with Crippen LogP contribution in [0.4, 0.5) is 5.00 Å². The number of carbonyl (C=O) groups is 2. The van der Waals surface area contributed by atoms with Crippen molar-refractivity contribution in [1.82, 2.24) is 4.90 Å². The quantitative estimate of drug-likeness (QED) is 0.377. The Bertz CT molecular complexity index is 900. The molecule has 5 rings (SSSR count). The van der Waals surface area contributed by atoms with E-state index in [2.05, 4.69) is 31.1 Å². The first-order chi connectivity index (χ1) is 16.8. The average Bonchev–Trinajstić information content (AvgIpc) is 3.46. The van der Waals surface area contributed by atoms with Crippen LogP contribution < -0.4 is 5.32 Å². The number of thiophene rings is 1. The lowest BCUT2D eigenvalue weighted by Crippen LogP contribution is -2.61. The Kier molecular flexibility index (Phi) is 7.36. The molecule has 0 radical (unpaired) electrons. The van der Waals surface area contributed by atoms with E-state index in [1.807, 2.05) is 17.5 Å². The Hall–Kier alpha value is -1.36. The Balaban J connectivity index is 1.09. The van der Waals surface area contributed by atoms with Gasteiger partial charge in [0.2, 0.25) is 11.8 Å². The number of carbonyl (C=O) groups excluding carboxylic acids is 2. The molecule has 35 heavy (non-hydrogen) atoms. The Labute approximate surface area is 216 Å². The summed E-state index contributed by atoms with van der Waals surface area (Å²) in [6.45, 7) is 5.18. The molecule has 4 nitrogen and oxygen atoms in total. The molecule has 194 valence electrons. The van der Waals surface area contributed by atoms with Gasteiger partial charge < -0.3 is 10.2 Å². The molecule has 1 saturated heterocycles. The summed E-state index contributed by atoms with van der Waals surface area (Å²) in [5, 5.41) is 5.96. The van der Waals surface area contributed by atoms with Crippen LogP contribution in [0.15, 0.2) is 17.5 Å². The van der Waals surface area contributed by atoms with Gasteiger partial charge in [0.15, 0.2) is 0 Å². The van der Waals surface area contributed by atoms with Crippen LogP contribution in [-0.2, 0) is 9.59 Å². The van der Waals surface area contributed by atoms with E-state index in [1.165, 1.54) is 64.2 Å². The molecule has 3 aliphatic carbocycles. The van der Waals surface area contributed by atoms with Gasteiger partial charge in [0.05, 0.1) is 5.00 Å². The summed E-state index contributed by atoms with van der Waals surface area (Å²) in [6.07, 6.45) is 16.8. The van der Waals surface area contributed by atoms with Gasteiger partial charge in [-0.05, 0) is 110 Å². The number of fused-ring (bicyclic) bond motifs is 5. The lowest BCUT2D eigenvalue weighted by atomic mass is 9.46. The highest BCUT2D eigenvalue weighted by molar-refractivity contribution is 7.14. The molecule has 4 fully saturated rings. The number of hydrogen-bond acceptors (Lipinski definition) is 3. The Morgan fingerprint density at radius 1 is 1.03 bits per heavy atom. The molecule has 1 N–H and O–H groups in total. The van der Waals surface area contributed by atoms with E-state index >= 15 is 0 Å². The first-order valence-electron chi connectivity index (χ1n) is 14.4. The fourth-order valence-corrected chi connectivity index (χ4v) is 9.95. The van der Waals surface area contributed by atoms with Crippen molar-refractivity contribution in [2.45, 2.75) is 110 Å². The van der Waals surface area contributed by atoms with Crippen molar-refractivity contribution in [3.8, 4) is 0 Å². The number of amides is 2. The third kappa shape index (κ3) is 4.71. The fraction of sp³-hybridized carbons (Fsp3) is 0.800. The zero-order valence-corrected chi connectivity index (χ0v) is 23.0. The number of nitrogens with one attached hydrogen (secondary N) is 1. The van der Waals surface area contributed by atoms with Gasteiger partial charge in [0.25, 0.3) is 0 Å². The van der Waals surface area contributed by atoms with Gasteiger partial charge in [0, 0.05) is 25.9 Å². The van der Waals surface area contributed by atoms with Crippen LogP contribution in [0, 0.1) is 34.5 Å². The van der Waals surface area contributed by atoms with E-state index < -0.39 is 0 Å². The van der Waals surface area contributed by atoms with Crippen LogP contribution in [0.1, 0.15) is 104 Å². The summed E-state index contributed by atoms with van der Waals surface area (Å²) in [7, 11) is 2.07. The van der Waals surface area contributed by atoms with E-state index in [0.717, 1.165) is 47.9 Å². The third-order valence-electron chi connectivity index (χ3n) is 11.2. The number of likely N-dealkylation sites (tertiary alicyclic amines) is 1. The molecule has 0 aromatic carbocycles. The standard InChI is InChI=1S/C30H46N2O2S/c1-29-18-16-24-22(13-15-25-30(24,2)19-17-28(34)32(25)3)23(29)14-12-21(29)9-6-4-5-7-10-26(33)31-27-11-8-20-35-27/h8,11,20-25H,4-7,9-10,12-19H2,1-3H3,(H,31,33)/t21-,22?,23?,24?,25+,29+,30+/m0/s1. The Morgan fingerprint density at radius 2 is 1.83 bits per heavy atom. The van der Waals surface area contributed by atoms with Crippen LogP contribution in [0.3, 0.4) is 0 Å². The molecule has 7 atom stereocenters. The fourth-order valence-electron chi connectivity index (χ4n) is 9.31. The largest absolute Gasteiger partial charge is 0.342 e. The first-order valence-corrected chi connectivity index (χ1v) is 15.3. The molecule has 4 aliphatic rings. The van der Waals surface area contributed by atoms with Gasteiger partial charge in [0.1, 0.15) is 0 Å². The number of rotatable bonds is 8. The molecule has 1 aromatic heterocycles. The van der Waals surface area contributed by atoms with Gasteiger partial charge in [-0.3, -0.25) is 9.59 Å². The maximum absolute atomic E-state index is 12.4. The topological polar surface area (TPSA) is 49.4 Å². The van der Waals surface area contributed by atoms with Gasteiger partial charge in [-0.2, -0.15) is 0 Å². The number of hydrogen-bond donors (Lipinski definition) is 1. The minimum atomic E-state index is 0.160. The second-order valence-corrected chi connectivity index (χ2v) is 13.7. The van der Waals surface area contributed by atoms with E-state index in [1.54, 1.807) is 11.3 Å². The SMILES string of the molecule is CN1C(=O)CC[C@]2(C)C3CC[C@@]4(C)C(CC[C@@H]4CCCCCCC(=O)Nc4cccs4)C3CC[C@@H]12. The molecule has 5 heteroatoms. The summed E-state index contributed by atoms with van der Waals surface area (Å²) in [6, 6.07) is 4.41. The molecule has 3 saturated carbocycles. The van der Waals surface area contributed by atoms with Gasteiger partial charge in [-0.1, -0.05) is 33.1 Å². The molecule has 2 heterocycles. The first kappa shape index (κ1) is 25.3. The van der Waals surface area contributed by atoms with Crippen LogP contribution >= 0.6 is 11.3 Å². The van der Waals surface area contributed by atoms with Crippen molar-refractivity contribution in [3.05, 3.63) is 17.5 Å². The average molecular weight is 499 g/mol. The molecule has 0 spiro atoms. The van der Waals surface area contributed by atoms with E-state index in [4.69, 9.17) is 0 Å². The van der Waals surface area contributed by atoms with Crippen molar-refractivity contribution in [2.75, 3.05) is 12.4 Å². The van der Waals surface area contributed by atoms with E-state index in [0.29, 0.717) is 29.2 Å². The molecule has 1 aliphatic heterocycles. The Morgan fingerprint density at radius 3 is 2.63 bits per heavy atom. The molecule has 0 bridgehead atoms.